The molecule has 0 saturated heterocycles. The minimum absolute atomic E-state index is 0.157. The average Bonchev–Trinajstić information content (AvgIpc) is 3.46. The van der Waals surface area contributed by atoms with Crippen molar-refractivity contribution in [1.82, 2.24) is 5.01 Å². The highest BCUT2D eigenvalue weighted by Crippen LogP contribution is 2.38. The first-order chi connectivity index (χ1) is 17.8. The van der Waals surface area contributed by atoms with Crippen LogP contribution in [0.2, 0.25) is 0 Å². The van der Waals surface area contributed by atoms with Crippen LogP contribution in [0.15, 0.2) is 76.8 Å². The topological polar surface area (TPSA) is 74.1 Å². The van der Waals surface area contributed by atoms with Crippen molar-refractivity contribution in [2.75, 3.05) is 5.32 Å². The van der Waals surface area contributed by atoms with Crippen molar-refractivity contribution in [3.8, 4) is 0 Å². The number of hydrogen-bond acceptors (Lipinski definition) is 5. The molecular formula is C27H21F3N4O2S. The number of carbonyl (C=O) groups excluding carboxylic acids is 2. The number of amidine groups is 1. The second kappa shape index (κ2) is 10.2. The molecular weight excluding hydrogens is 501 g/mol. The number of amides is 2. The molecule has 188 valence electrons. The van der Waals surface area contributed by atoms with Crippen molar-refractivity contribution in [2.45, 2.75) is 31.1 Å². The summed E-state index contributed by atoms with van der Waals surface area (Å²) >= 11 is 1.11. The molecule has 0 aliphatic carbocycles. The number of nitrogens with one attached hydrogen (secondary N) is 1. The zero-order valence-electron chi connectivity index (χ0n) is 19.6. The summed E-state index contributed by atoms with van der Waals surface area (Å²) in [6.07, 6.45) is 0.269. The van der Waals surface area contributed by atoms with E-state index in [-0.39, 0.29) is 24.1 Å². The number of hydrogen-bond donors (Lipinski definition) is 1. The van der Waals surface area contributed by atoms with E-state index in [9.17, 15) is 22.8 Å². The summed E-state index contributed by atoms with van der Waals surface area (Å²) in [4.78, 5) is 29.4. The molecule has 5 rings (SSSR count). The molecule has 0 spiro atoms. The lowest BCUT2D eigenvalue weighted by molar-refractivity contribution is -0.121. The summed E-state index contributed by atoms with van der Waals surface area (Å²) in [5, 5.41) is 8.42. The molecule has 2 amide bonds. The van der Waals surface area contributed by atoms with Gasteiger partial charge in [-0.1, -0.05) is 42.1 Å². The zero-order chi connectivity index (χ0) is 26.1. The van der Waals surface area contributed by atoms with Crippen LogP contribution in [0.1, 0.15) is 35.6 Å². The molecule has 2 aliphatic heterocycles. The predicted octanol–water partition coefficient (Wildman–Crippen LogP) is 5.59. The normalized spacial score (nSPS) is 19.1. The Morgan fingerprint density at radius 3 is 2.38 bits per heavy atom. The molecule has 0 unspecified atom stereocenters. The van der Waals surface area contributed by atoms with Crippen molar-refractivity contribution in [3.63, 3.8) is 0 Å². The number of thioether (sulfide) groups is 1. The van der Waals surface area contributed by atoms with Gasteiger partial charge in [0.2, 0.25) is 5.91 Å². The van der Waals surface area contributed by atoms with Gasteiger partial charge in [0.1, 0.15) is 22.7 Å². The minimum Gasteiger partial charge on any atom is -0.326 e. The van der Waals surface area contributed by atoms with E-state index in [4.69, 9.17) is 0 Å². The van der Waals surface area contributed by atoms with Crippen LogP contribution in [0.3, 0.4) is 0 Å². The van der Waals surface area contributed by atoms with Crippen LogP contribution in [0.5, 0.6) is 0 Å². The lowest BCUT2D eigenvalue weighted by Crippen LogP contribution is -2.25. The summed E-state index contributed by atoms with van der Waals surface area (Å²) in [5.74, 6) is -2.11. The molecule has 1 N–H and O–H groups in total. The molecule has 0 saturated carbocycles. The summed E-state index contributed by atoms with van der Waals surface area (Å²) in [6.45, 7) is 1.62. The third-order valence-corrected chi connectivity index (χ3v) is 7.24. The van der Waals surface area contributed by atoms with Crippen molar-refractivity contribution in [3.05, 3.63) is 101 Å². The molecule has 2 aliphatic rings. The molecule has 2 atom stereocenters. The average molecular weight is 523 g/mol. The maximum atomic E-state index is 13.8. The van der Waals surface area contributed by atoms with Crippen LogP contribution in [-0.2, 0) is 9.59 Å². The van der Waals surface area contributed by atoms with E-state index in [1.807, 2.05) is 0 Å². The number of hydrazone groups is 1. The highest BCUT2D eigenvalue weighted by atomic mass is 32.2. The number of anilines is 1. The van der Waals surface area contributed by atoms with Crippen LogP contribution in [0, 0.1) is 24.4 Å². The Hall–Kier alpha value is -3.92. The summed E-state index contributed by atoms with van der Waals surface area (Å²) in [5.41, 5.74) is 2.90. The highest BCUT2D eigenvalue weighted by Gasteiger charge is 2.39. The van der Waals surface area contributed by atoms with Gasteiger partial charge in [-0.15, -0.1) is 0 Å². The van der Waals surface area contributed by atoms with Crippen molar-refractivity contribution in [1.29, 1.82) is 0 Å². The molecule has 37 heavy (non-hydrogen) atoms. The maximum Gasteiger partial charge on any atom is 0.262 e. The van der Waals surface area contributed by atoms with E-state index < -0.39 is 22.9 Å². The van der Waals surface area contributed by atoms with Crippen LogP contribution >= 0.6 is 11.8 Å². The van der Waals surface area contributed by atoms with Crippen molar-refractivity contribution >= 4 is 40.1 Å². The van der Waals surface area contributed by atoms with Crippen LogP contribution in [0.4, 0.5) is 18.9 Å². The standard InChI is InChI=1S/C27H21F3N4O2S/c1-15-2-11-20(12-21(15)30)31-25(35)14-24-26(36)32-27(37-24)34-23(17-5-9-19(29)10-6-17)13-22(33-34)16-3-7-18(28)8-4-16/h2-12,23-24H,13-14H2,1H3,(H,31,35)/t23-,24+/m1/s1. The van der Waals surface area contributed by atoms with E-state index in [0.29, 0.717) is 34.1 Å². The van der Waals surface area contributed by atoms with Gasteiger partial charge in [0, 0.05) is 18.5 Å². The van der Waals surface area contributed by atoms with Crippen LogP contribution in [-0.4, -0.2) is 33.0 Å². The van der Waals surface area contributed by atoms with Crippen LogP contribution < -0.4 is 5.32 Å². The van der Waals surface area contributed by atoms with Gasteiger partial charge in [-0.2, -0.15) is 10.1 Å². The van der Waals surface area contributed by atoms with E-state index in [1.54, 1.807) is 48.3 Å². The van der Waals surface area contributed by atoms with Gasteiger partial charge in [-0.3, -0.25) is 9.59 Å². The van der Waals surface area contributed by atoms with Gasteiger partial charge >= 0.3 is 0 Å². The van der Waals surface area contributed by atoms with Crippen LogP contribution in [0.25, 0.3) is 0 Å². The highest BCUT2D eigenvalue weighted by molar-refractivity contribution is 8.15. The fourth-order valence-corrected chi connectivity index (χ4v) is 5.17. The molecule has 10 heteroatoms. The third kappa shape index (κ3) is 5.43. The van der Waals surface area contributed by atoms with Gasteiger partial charge in [-0.05, 0) is 60.0 Å². The lowest BCUT2D eigenvalue weighted by Gasteiger charge is -2.23. The molecule has 6 nitrogen and oxygen atoms in total. The molecule has 3 aromatic rings. The van der Waals surface area contributed by atoms with Gasteiger partial charge < -0.3 is 5.32 Å². The number of rotatable bonds is 5. The Morgan fingerprint density at radius 1 is 1.03 bits per heavy atom. The molecule has 0 radical (unpaired) electrons. The minimum atomic E-state index is -0.774. The lowest BCUT2D eigenvalue weighted by atomic mass is 9.98. The Kier molecular flexibility index (Phi) is 6.84. The number of carbonyl (C=O) groups is 2. The first-order valence-electron chi connectivity index (χ1n) is 11.5. The summed E-state index contributed by atoms with van der Waals surface area (Å²) in [7, 11) is 0. The molecule has 2 heterocycles. The molecule has 0 bridgehead atoms. The number of halogens is 3. The first-order valence-corrected chi connectivity index (χ1v) is 12.4. The number of aryl methyl sites for hydroxylation is 1. The Labute approximate surface area is 215 Å². The fourth-order valence-electron chi connectivity index (χ4n) is 4.10. The van der Waals surface area contributed by atoms with Gasteiger partial charge in [0.15, 0.2) is 5.17 Å². The SMILES string of the molecule is Cc1ccc(NC(=O)C[C@@H]2SC(N3N=C(c4ccc(F)cc4)C[C@@H]3c3ccc(F)cc3)=NC2=O)cc1F. The molecule has 3 aromatic carbocycles. The number of aliphatic imine (C=N–C) groups is 1. The quantitative estimate of drug-likeness (QED) is 0.474. The second-order valence-electron chi connectivity index (χ2n) is 8.73. The first kappa shape index (κ1) is 24.8. The molecule has 0 fully saturated rings. The predicted molar refractivity (Wildman–Crippen MR) is 137 cm³/mol. The summed E-state index contributed by atoms with van der Waals surface area (Å²) in [6, 6.07) is 15.9. The van der Waals surface area contributed by atoms with E-state index in [1.165, 1.54) is 30.3 Å². The number of benzene rings is 3. The Morgan fingerprint density at radius 2 is 1.70 bits per heavy atom. The Balaban J connectivity index is 1.34. The fraction of sp³-hybridized carbons (Fsp3) is 0.185. The van der Waals surface area contributed by atoms with Crippen molar-refractivity contribution in [2.24, 2.45) is 10.1 Å². The third-order valence-electron chi connectivity index (χ3n) is 6.09. The maximum absolute atomic E-state index is 13.8. The number of nitrogens with zero attached hydrogens (tertiary/aromatic N) is 3. The summed E-state index contributed by atoms with van der Waals surface area (Å²) < 4.78 is 40.8. The van der Waals surface area contributed by atoms with E-state index in [2.05, 4.69) is 15.4 Å². The van der Waals surface area contributed by atoms with Crippen molar-refractivity contribution < 1.29 is 22.8 Å². The van der Waals surface area contributed by atoms with Gasteiger partial charge in [0.05, 0.1) is 11.8 Å². The van der Waals surface area contributed by atoms with E-state index >= 15 is 0 Å². The molecule has 0 aromatic heterocycles. The van der Waals surface area contributed by atoms with E-state index in [0.717, 1.165) is 17.3 Å². The monoisotopic (exact) mass is 522 g/mol. The van der Waals surface area contributed by atoms with Gasteiger partial charge in [-0.25, -0.2) is 18.2 Å². The second-order valence-corrected chi connectivity index (χ2v) is 9.89. The Bertz CT molecular complexity index is 1420. The zero-order valence-corrected chi connectivity index (χ0v) is 20.4. The van der Waals surface area contributed by atoms with Gasteiger partial charge in [0.25, 0.3) is 5.91 Å². The smallest absolute Gasteiger partial charge is 0.262 e. The largest absolute Gasteiger partial charge is 0.326 e.